The number of piperazine rings is 1. The first-order chi connectivity index (χ1) is 12.6. The number of rotatable bonds is 6. The van der Waals surface area contributed by atoms with E-state index in [1.54, 1.807) is 6.07 Å². The van der Waals surface area contributed by atoms with Gasteiger partial charge in [-0.25, -0.2) is 4.39 Å². The van der Waals surface area contributed by atoms with Crippen LogP contribution in [0.15, 0.2) is 18.2 Å². The fraction of sp³-hybridized carbons (Fsp3) is 0.714. The molecule has 0 aliphatic carbocycles. The van der Waals surface area contributed by atoms with Crippen molar-refractivity contribution in [3.05, 3.63) is 35.1 Å². The molecule has 1 aromatic carbocycles. The predicted molar refractivity (Wildman–Crippen MR) is 104 cm³/mol. The van der Waals surface area contributed by atoms with Crippen molar-refractivity contribution in [3.8, 4) is 0 Å². The molecule has 26 heavy (non-hydrogen) atoms. The van der Waals surface area contributed by atoms with Gasteiger partial charge in [-0.3, -0.25) is 9.80 Å². The zero-order valence-electron chi connectivity index (χ0n) is 16.3. The number of likely N-dealkylation sites (tertiary alicyclic amines) is 1. The van der Waals surface area contributed by atoms with Gasteiger partial charge in [-0.2, -0.15) is 0 Å². The standard InChI is InChI=1S/C21H34FN3O/c1-17-18(5-3-7-20(17)22)15-24-9-8-21(19(16-24)6-4-14-26)25-12-10-23(2)11-13-25/h3,5,7,19,21,26H,4,6,8-16H2,1-2H3/t19-,21+/m0/s1. The molecule has 2 atom stereocenters. The maximum Gasteiger partial charge on any atom is 0.126 e. The molecule has 0 unspecified atom stereocenters. The lowest BCUT2D eigenvalue weighted by Gasteiger charge is -2.46. The highest BCUT2D eigenvalue weighted by molar-refractivity contribution is 5.27. The third kappa shape index (κ3) is 4.83. The summed E-state index contributed by atoms with van der Waals surface area (Å²) in [6.07, 6.45) is 3.13. The van der Waals surface area contributed by atoms with Crippen molar-refractivity contribution in [3.63, 3.8) is 0 Å². The molecule has 2 aliphatic rings. The van der Waals surface area contributed by atoms with E-state index in [2.05, 4.69) is 21.7 Å². The summed E-state index contributed by atoms with van der Waals surface area (Å²) < 4.78 is 13.9. The Labute approximate surface area is 157 Å². The van der Waals surface area contributed by atoms with Gasteiger partial charge in [-0.1, -0.05) is 12.1 Å². The number of piperidine rings is 1. The van der Waals surface area contributed by atoms with Gasteiger partial charge >= 0.3 is 0 Å². The van der Waals surface area contributed by atoms with Crippen molar-refractivity contribution in [2.75, 3.05) is 52.9 Å². The maximum absolute atomic E-state index is 13.9. The smallest absolute Gasteiger partial charge is 0.126 e. The Hall–Kier alpha value is -1.01. The fourth-order valence-corrected chi connectivity index (χ4v) is 4.57. The summed E-state index contributed by atoms with van der Waals surface area (Å²) in [6, 6.07) is 6.04. The Kier molecular flexibility index (Phi) is 7.04. The summed E-state index contributed by atoms with van der Waals surface area (Å²) in [5, 5.41) is 9.32. The molecule has 2 aliphatic heterocycles. The Morgan fingerprint density at radius 3 is 2.65 bits per heavy atom. The van der Waals surface area contributed by atoms with Crippen LogP contribution in [0.4, 0.5) is 4.39 Å². The van der Waals surface area contributed by atoms with Crippen LogP contribution in [0.2, 0.25) is 0 Å². The van der Waals surface area contributed by atoms with Crippen LogP contribution in [0, 0.1) is 18.7 Å². The second kappa shape index (κ2) is 9.27. The maximum atomic E-state index is 13.9. The molecule has 2 heterocycles. The van der Waals surface area contributed by atoms with E-state index < -0.39 is 0 Å². The molecule has 0 bridgehead atoms. The fourth-order valence-electron chi connectivity index (χ4n) is 4.57. The number of likely N-dealkylation sites (N-methyl/N-ethyl adjacent to an activating group) is 1. The molecule has 0 aromatic heterocycles. The molecule has 146 valence electrons. The van der Waals surface area contributed by atoms with Gasteiger partial charge in [-0.05, 0) is 62.9 Å². The Morgan fingerprint density at radius 1 is 1.15 bits per heavy atom. The number of hydrogen-bond donors (Lipinski definition) is 1. The van der Waals surface area contributed by atoms with Gasteiger partial charge in [0.2, 0.25) is 0 Å². The first kappa shape index (κ1) is 19.7. The van der Waals surface area contributed by atoms with Crippen molar-refractivity contribution < 1.29 is 9.50 Å². The molecule has 1 N–H and O–H groups in total. The first-order valence-corrected chi connectivity index (χ1v) is 10.1. The van der Waals surface area contributed by atoms with E-state index in [-0.39, 0.29) is 12.4 Å². The first-order valence-electron chi connectivity index (χ1n) is 10.1. The quantitative estimate of drug-likeness (QED) is 0.840. The number of nitrogens with zero attached hydrogens (tertiary/aromatic N) is 3. The number of aliphatic hydroxyl groups is 1. The highest BCUT2D eigenvalue weighted by atomic mass is 19.1. The van der Waals surface area contributed by atoms with Crippen LogP contribution in [0.25, 0.3) is 0 Å². The largest absolute Gasteiger partial charge is 0.396 e. The summed E-state index contributed by atoms with van der Waals surface area (Å²) in [4.78, 5) is 7.56. The van der Waals surface area contributed by atoms with Gasteiger partial charge < -0.3 is 10.0 Å². The number of benzene rings is 1. The second-order valence-electron chi connectivity index (χ2n) is 8.08. The zero-order chi connectivity index (χ0) is 18.5. The normalized spacial score (nSPS) is 26.3. The number of aliphatic hydroxyl groups excluding tert-OH is 1. The molecule has 1 aromatic rings. The SMILES string of the molecule is Cc1c(F)cccc1CN1CC[C@@H](N2CCN(C)CC2)[C@@H](CCCO)C1. The highest BCUT2D eigenvalue weighted by Gasteiger charge is 2.34. The zero-order valence-corrected chi connectivity index (χ0v) is 16.3. The molecule has 5 heteroatoms. The van der Waals surface area contributed by atoms with Gasteiger partial charge in [0.15, 0.2) is 0 Å². The van der Waals surface area contributed by atoms with Gasteiger partial charge in [0.1, 0.15) is 5.82 Å². The van der Waals surface area contributed by atoms with E-state index in [1.165, 1.54) is 6.42 Å². The summed E-state index contributed by atoms with van der Waals surface area (Å²) in [6.45, 7) is 9.70. The van der Waals surface area contributed by atoms with E-state index in [9.17, 15) is 9.50 Å². The summed E-state index contributed by atoms with van der Waals surface area (Å²) in [5.74, 6) is 0.486. The van der Waals surface area contributed by atoms with Gasteiger partial charge in [0, 0.05) is 51.9 Å². The molecule has 2 fully saturated rings. The van der Waals surface area contributed by atoms with Gasteiger partial charge in [0.25, 0.3) is 0 Å². The summed E-state index contributed by atoms with van der Waals surface area (Å²) >= 11 is 0. The molecule has 2 saturated heterocycles. The Morgan fingerprint density at radius 2 is 1.92 bits per heavy atom. The van der Waals surface area contributed by atoms with Crippen LogP contribution < -0.4 is 0 Å². The second-order valence-corrected chi connectivity index (χ2v) is 8.08. The number of halogens is 1. The molecular weight excluding hydrogens is 329 g/mol. The van der Waals surface area contributed by atoms with Crippen molar-refractivity contribution in [2.45, 2.75) is 38.8 Å². The Balaban J connectivity index is 1.64. The van der Waals surface area contributed by atoms with Crippen molar-refractivity contribution in [1.82, 2.24) is 14.7 Å². The molecular formula is C21H34FN3O. The monoisotopic (exact) mass is 363 g/mol. The van der Waals surface area contributed by atoms with E-state index >= 15 is 0 Å². The third-order valence-electron chi connectivity index (χ3n) is 6.29. The van der Waals surface area contributed by atoms with Crippen molar-refractivity contribution in [2.24, 2.45) is 5.92 Å². The molecule has 0 spiro atoms. The number of hydrogen-bond acceptors (Lipinski definition) is 4. The van der Waals surface area contributed by atoms with Crippen LogP contribution in [0.1, 0.15) is 30.4 Å². The van der Waals surface area contributed by atoms with Gasteiger partial charge in [0.05, 0.1) is 0 Å². The predicted octanol–water partition coefficient (Wildman–Crippen LogP) is 2.34. The van der Waals surface area contributed by atoms with Gasteiger partial charge in [-0.15, -0.1) is 0 Å². The minimum absolute atomic E-state index is 0.105. The van der Waals surface area contributed by atoms with Crippen molar-refractivity contribution >= 4 is 0 Å². The Bertz CT molecular complexity index is 574. The lowest BCUT2D eigenvalue weighted by atomic mass is 9.86. The molecule has 0 radical (unpaired) electrons. The van der Waals surface area contributed by atoms with Crippen LogP contribution >= 0.6 is 0 Å². The van der Waals surface area contributed by atoms with Crippen molar-refractivity contribution in [1.29, 1.82) is 0 Å². The highest BCUT2D eigenvalue weighted by Crippen LogP contribution is 2.28. The average Bonchev–Trinajstić information content (AvgIpc) is 2.65. The topological polar surface area (TPSA) is 30.0 Å². The molecule has 0 saturated carbocycles. The van der Waals surface area contributed by atoms with Crippen LogP contribution in [-0.2, 0) is 6.54 Å². The van der Waals surface area contributed by atoms with E-state index in [0.717, 1.165) is 69.8 Å². The minimum atomic E-state index is -0.105. The van der Waals surface area contributed by atoms with Crippen LogP contribution in [0.5, 0.6) is 0 Å². The summed E-state index contributed by atoms with van der Waals surface area (Å²) in [7, 11) is 2.20. The molecule has 4 nitrogen and oxygen atoms in total. The van der Waals surface area contributed by atoms with E-state index in [0.29, 0.717) is 12.0 Å². The van der Waals surface area contributed by atoms with Crippen LogP contribution in [0.3, 0.4) is 0 Å². The molecule has 3 rings (SSSR count). The lowest BCUT2D eigenvalue weighted by molar-refractivity contribution is 0.0211. The van der Waals surface area contributed by atoms with Crippen LogP contribution in [-0.4, -0.2) is 78.8 Å². The molecule has 0 amide bonds. The summed E-state index contributed by atoms with van der Waals surface area (Å²) in [5.41, 5.74) is 1.88. The average molecular weight is 364 g/mol. The van der Waals surface area contributed by atoms with E-state index in [1.807, 2.05) is 19.1 Å². The lowest BCUT2D eigenvalue weighted by Crippen LogP contribution is -2.56. The van der Waals surface area contributed by atoms with E-state index in [4.69, 9.17) is 0 Å². The minimum Gasteiger partial charge on any atom is -0.396 e. The third-order valence-corrected chi connectivity index (χ3v) is 6.29.